The van der Waals surface area contributed by atoms with E-state index in [4.69, 9.17) is 4.74 Å². The number of aliphatic hydroxyl groups is 1. The third kappa shape index (κ3) is 3.57. The number of rotatable bonds is 5. The lowest BCUT2D eigenvalue weighted by Gasteiger charge is -2.28. The van der Waals surface area contributed by atoms with Gasteiger partial charge in [0.25, 0.3) is 0 Å². The summed E-state index contributed by atoms with van der Waals surface area (Å²) in [6.45, 7) is 2.55. The van der Waals surface area contributed by atoms with E-state index in [1.807, 2.05) is 42.5 Å². The van der Waals surface area contributed by atoms with Gasteiger partial charge in [-0.15, -0.1) is 0 Å². The molecule has 0 spiro atoms. The van der Waals surface area contributed by atoms with Crippen LogP contribution in [0.3, 0.4) is 0 Å². The Morgan fingerprint density at radius 3 is 2.56 bits per heavy atom. The summed E-state index contributed by atoms with van der Waals surface area (Å²) >= 11 is 0. The van der Waals surface area contributed by atoms with Crippen molar-refractivity contribution in [2.24, 2.45) is 4.99 Å². The first-order valence-electron chi connectivity index (χ1n) is 8.37. The number of halogens is 1. The van der Waals surface area contributed by atoms with Crippen LogP contribution in [0.15, 0.2) is 59.6 Å². The van der Waals surface area contributed by atoms with Crippen molar-refractivity contribution >= 4 is 17.3 Å². The topological polar surface area (TPSA) is 48.3 Å². The fraction of sp³-hybridized carbons (Fsp3) is 0.316. The quantitative estimate of drug-likeness (QED) is 0.784. The first-order chi connectivity index (χ1) is 11.8. The molecule has 0 amide bonds. The van der Waals surface area contributed by atoms with Gasteiger partial charge in [0.2, 0.25) is 5.96 Å². The highest BCUT2D eigenvalue weighted by atomic mass is 35.5. The van der Waals surface area contributed by atoms with Crippen LogP contribution in [0.5, 0.6) is 5.75 Å². The van der Waals surface area contributed by atoms with Crippen LogP contribution in [0, 0.1) is 0 Å². The van der Waals surface area contributed by atoms with E-state index in [1.165, 1.54) is 5.69 Å². The molecule has 2 aromatic carbocycles. The first-order valence-corrected chi connectivity index (χ1v) is 8.37. The van der Waals surface area contributed by atoms with Crippen molar-refractivity contribution in [2.45, 2.75) is 12.5 Å². The van der Waals surface area contributed by atoms with Crippen LogP contribution in [0.25, 0.3) is 0 Å². The van der Waals surface area contributed by atoms with Gasteiger partial charge in [-0.05, 0) is 30.7 Å². The fourth-order valence-electron chi connectivity index (χ4n) is 3.23. The number of anilines is 2. The number of β-amino-alcohol motifs (C(OH)–C–C–N with tert-alkyl or cyclic N) is 1. The SMILES string of the molecule is OC(COc1ccccc1)CN1C2=NCCCN2c2ccccc21.[Cl-]. The molecule has 0 radical (unpaired) electrons. The summed E-state index contributed by atoms with van der Waals surface area (Å²) in [5, 5.41) is 10.4. The van der Waals surface area contributed by atoms with Crippen LogP contribution in [0.1, 0.15) is 6.42 Å². The molecule has 2 aliphatic rings. The van der Waals surface area contributed by atoms with Crippen molar-refractivity contribution in [3.05, 3.63) is 54.6 Å². The van der Waals surface area contributed by atoms with E-state index < -0.39 is 6.10 Å². The molecule has 132 valence electrons. The lowest BCUT2D eigenvalue weighted by molar-refractivity contribution is -0.00000657. The molecule has 2 aliphatic heterocycles. The first kappa shape index (κ1) is 17.6. The molecule has 0 aliphatic carbocycles. The average Bonchev–Trinajstić information content (AvgIpc) is 2.95. The molecule has 5 nitrogen and oxygen atoms in total. The third-order valence-electron chi connectivity index (χ3n) is 4.32. The van der Waals surface area contributed by atoms with E-state index in [9.17, 15) is 5.11 Å². The van der Waals surface area contributed by atoms with Crippen LogP contribution < -0.4 is 26.9 Å². The van der Waals surface area contributed by atoms with Gasteiger partial charge in [-0.3, -0.25) is 4.99 Å². The molecule has 2 heterocycles. The predicted molar refractivity (Wildman–Crippen MR) is 96.0 cm³/mol. The number of aliphatic hydroxyl groups excluding tert-OH is 1. The average molecular weight is 359 g/mol. The molecule has 0 aromatic heterocycles. The number of para-hydroxylation sites is 3. The van der Waals surface area contributed by atoms with Crippen LogP contribution in [-0.2, 0) is 0 Å². The van der Waals surface area contributed by atoms with Crippen molar-refractivity contribution in [1.82, 2.24) is 0 Å². The van der Waals surface area contributed by atoms with Crippen LogP contribution in [0.4, 0.5) is 11.4 Å². The van der Waals surface area contributed by atoms with Crippen molar-refractivity contribution < 1.29 is 22.3 Å². The molecule has 1 N–H and O–H groups in total. The smallest absolute Gasteiger partial charge is 0.205 e. The zero-order valence-corrected chi connectivity index (χ0v) is 14.6. The summed E-state index contributed by atoms with van der Waals surface area (Å²) in [5.74, 6) is 1.72. The largest absolute Gasteiger partial charge is 1.00 e. The van der Waals surface area contributed by atoms with Crippen LogP contribution >= 0.6 is 0 Å². The Hall–Kier alpha value is -2.24. The van der Waals surface area contributed by atoms with Gasteiger partial charge in [0.05, 0.1) is 17.9 Å². The normalized spacial score (nSPS) is 16.4. The third-order valence-corrected chi connectivity index (χ3v) is 4.32. The van der Waals surface area contributed by atoms with Gasteiger partial charge in [-0.1, -0.05) is 30.3 Å². The van der Waals surface area contributed by atoms with Gasteiger partial charge in [-0.2, -0.15) is 0 Å². The van der Waals surface area contributed by atoms with E-state index in [0.717, 1.165) is 36.9 Å². The van der Waals surface area contributed by atoms with Crippen LogP contribution in [-0.4, -0.2) is 43.4 Å². The molecular formula is C19H21ClN3O2-. The number of ether oxygens (including phenoxy) is 1. The molecule has 4 rings (SSSR count). The van der Waals surface area contributed by atoms with Crippen molar-refractivity contribution in [1.29, 1.82) is 0 Å². The Labute approximate surface area is 154 Å². The maximum absolute atomic E-state index is 10.4. The standard InChI is InChI=1S/C19H21N3O2.ClH/c23-15(14-24-16-7-2-1-3-8-16)13-22-18-10-5-4-9-17(18)21-12-6-11-20-19(21)22;/h1-5,7-10,15,23H,6,11-14H2;1H/p-1. The molecule has 6 heteroatoms. The minimum absolute atomic E-state index is 0. The maximum Gasteiger partial charge on any atom is 0.205 e. The van der Waals surface area contributed by atoms with E-state index in [2.05, 4.69) is 26.9 Å². The van der Waals surface area contributed by atoms with E-state index in [-0.39, 0.29) is 19.0 Å². The van der Waals surface area contributed by atoms with Gasteiger partial charge in [0.15, 0.2) is 0 Å². The molecule has 0 bridgehead atoms. The number of guanidine groups is 1. The highest BCUT2D eigenvalue weighted by Crippen LogP contribution is 2.38. The Morgan fingerprint density at radius 2 is 1.76 bits per heavy atom. The summed E-state index contributed by atoms with van der Waals surface area (Å²) in [6.07, 6.45) is 0.466. The molecule has 1 atom stereocenters. The minimum atomic E-state index is -0.595. The van der Waals surface area contributed by atoms with Crippen molar-refractivity contribution in [3.63, 3.8) is 0 Å². The van der Waals surface area contributed by atoms with Gasteiger partial charge in [0.1, 0.15) is 18.5 Å². The van der Waals surface area contributed by atoms with Gasteiger partial charge >= 0.3 is 0 Å². The summed E-state index contributed by atoms with van der Waals surface area (Å²) in [7, 11) is 0. The number of benzene rings is 2. The van der Waals surface area contributed by atoms with Gasteiger partial charge < -0.3 is 32.1 Å². The van der Waals surface area contributed by atoms with Crippen LogP contribution in [0.2, 0.25) is 0 Å². The summed E-state index contributed by atoms with van der Waals surface area (Å²) in [5.41, 5.74) is 2.28. The van der Waals surface area contributed by atoms with Gasteiger partial charge in [0, 0.05) is 13.1 Å². The van der Waals surface area contributed by atoms with E-state index >= 15 is 0 Å². The Balaban J connectivity index is 0.00000182. The zero-order valence-electron chi connectivity index (χ0n) is 13.9. The molecule has 25 heavy (non-hydrogen) atoms. The maximum atomic E-state index is 10.4. The summed E-state index contributed by atoms with van der Waals surface area (Å²) in [6, 6.07) is 17.8. The Morgan fingerprint density at radius 1 is 1.04 bits per heavy atom. The molecule has 0 saturated heterocycles. The van der Waals surface area contributed by atoms with Gasteiger partial charge in [-0.25, -0.2) is 0 Å². The fourth-order valence-corrected chi connectivity index (χ4v) is 3.23. The minimum Gasteiger partial charge on any atom is -1.00 e. The lowest BCUT2D eigenvalue weighted by Crippen LogP contribution is -3.00. The predicted octanol–water partition coefficient (Wildman–Crippen LogP) is -0.483. The molecule has 1 unspecified atom stereocenters. The van der Waals surface area contributed by atoms with Crippen molar-refractivity contribution in [3.8, 4) is 5.75 Å². The number of hydrogen-bond acceptors (Lipinski definition) is 5. The zero-order chi connectivity index (χ0) is 16.4. The van der Waals surface area contributed by atoms with E-state index in [1.54, 1.807) is 0 Å². The second kappa shape index (κ2) is 7.76. The highest BCUT2D eigenvalue weighted by Gasteiger charge is 2.34. The number of nitrogens with zero attached hydrogens (tertiary/aromatic N) is 3. The lowest BCUT2D eigenvalue weighted by atomic mass is 10.2. The Kier molecular flexibility index (Phi) is 5.46. The number of aliphatic imine (C=N–C) groups is 1. The highest BCUT2D eigenvalue weighted by molar-refractivity contribution is 6.16. The number of hydrogen-bond donors (Lipinski definition) is 1. The van der Waals surface area contributed by atoms with E-state index in [0.29, 0.717) is 6.54 Å². The molecule has 2 aromatic rings. The van der Waals surface area contributed by atoms with Crippen molar-refractivity contribution in [2.75, 3.05) is 36.0 Å². The second-order valence-electron chi connectivity index (χ2n) is 6.06. The number of fused-ring (bicyclic) bond motifs is 3. The molecule has 0 fully saturated rings. The Bertz CT molecular complexity index is 738. The summed E-state index contributed by atoms with van der Waals surface area (Å²) < 4.78 is 5.67. The summed E-state index contributed by atoms with van der Waals surface area (Å²) in [4.78, 5) is 9.02. The second-order valence-corrected chi connectivity index (χ2v) is 6.06. The molecular weight excluding hydrogens is 338 g/mol. The monoisotopic (exact) mass is 358 g/mol. The molecule has 0 saturated carbocycles.